The van der Waals surface area contributed by atoms with Gasteiger partial charge >= 0.3 is 0 Å². The van der Waals surface area contributed by atoms with Crippen molar-refractivity contribution in [1.29, 1.82) is 0 Å². The maximum atomic E-state index is 6.21. The van der Waals surface area contributed by atoms with Gasteiger partial charge in [-0.15, -0.1) is 12.4 Å². The van der Waals surface area contributed by atoms with Crippen molar-refractivity contribution in [2.75, 3.05) is 0 Å². The quantitative estimate of drug-likeness (QED) is 0.902. The van der Waals surface area contributed by atoms with Crippen molar-refractivity contribution in [3.63, 3.8) is 0 Å². The van der Waals surface area contributed by atoms with E-state index in [1.807, 2.05) is 42.5 Å². The van der Waals surface area contributed by atoms with Gasteiger partial charge in [-0.25, -0.2) is 0 Å². The molecule has 2 N–H and O–H groups in total. The molecule has 0 heterocycles. The first-order valence-corrected chi connectivity index (χ1v) is 6.41. The van der Waals surface area contributed by atoms with Crippen molar-refractivity contribution in [3.8, 4) is 11.5 Å². The van der Waals surface area contributed by atoms with Crippen molar-refractivity contribution < 1.29 is 4.74 Å². The fourth-order valence-electron chi connectivity index (χ4n) is 2.14. The van der Waals surface area contributed by atoms with Gasteiger partial charge in [0.1, 0.15) is 11.5 Å². The van der Waals surface area contributed by atoms with Crippen LogP contribution in [-0.2, 0) is 0 Å². The predicted molar refractivity (Wildman–Crippen MR) is 79.9 cm³/mol. The van der Waals surface area contributed by atoms with Crippen LogP contribution in [0.4, 0.5) is 0 Å². The highest BCUT2D eigenvalue weighted by Gasteiger charge is 2.29. The van der Waals surface area contributed by atoms with Gasteiger partial charge in [-0.05, 0) is 48.6 Å². The highest BCUT2D eigenvalue weighted by atomic mass is 35.5. The maximum absolute atomic E-state index is 6.21. The van der Waals surface area contributed by atoms with Gasteiger partial charge in [-0.2, -0.15) is 0 Å². The molecule has 1 aliphatic rings. The Balaban J connectivity index is 0.00000133. The number of hydrogen-bond acceptors (Lipinski definition) is 2. The molecule has 0 unspecified atom stereocenters. The normalized spacial score (nSPS) is 15.4. The average molecular weight is 276 g/mol. The third-order valence-electron chi connectivity index (χ3n) is 3.35. The lowest BCUT2D eigenvalue weighted by atomic mass is 10.0. The standard InChI is InChI=1S/C16H17NO.ClH/c17-16(12-9-10-12)13-5-4-8-15(11-13)18-14-6-2-1-3-7-14;/h1-8,11-12,16H,9-10,17H2;1H/t16-;/m1./s1. The minimum absolute atomic E-state index is 0. The van der Waals surface area contributed by atoms with Crippen LogP contribution < -0.4 is 10.5 Å². The zero-order chi connectivity index (χ0) is 12.4. The summed E-state index contributed by atoms with van der Waals surface area (Å²) >= 11 is 0. The number of rotatable bonds is 4. The summed E-state index contributed by atoms with van der Waals surface area (Å²) in [7, 11) is 0. The summed E-state index contributed by atoms with van der Waals surface area (Å²) in [5.41, 5.74) is 7.38. The van der Waals surface area contributed by atoms with Crippen LogP contribution in [0.2, 0.25) is 0 Å². The summed E-state index contributed by atoms with van der Waals surface area (Å²) in [5, 5.41) is 0. The molecule has 3 rings (SSSR count). The van der Waals surface area contributed by atoms with Crippen LogP contribution in [0.5, 0.6) is 11.5 Å². The first-order valence-electron chi connectivity index (χ1n) is 6.41. The van der Waals surface area contributed by atoms with Crippen LogP contribution >= 0.6 is 12.4 Å². The van der Waals surface area contributed by atoms with Crippen molar-refractivity contribution in [2.45, 2.75) is 18.9 Å². The molecule has 0 bridgehead atoms. The van der Waals surface area contributed by atoms with E-state index in [0.29, 0.717) is 5.92 Å². The molecule has 2 aromatic rings. The summed E-state index contributed by atoms with van der Waals surface area (Å²) in [4.78, 5) is 0. The van der Waals surface area contributed by atoms with Crippen LogP contribution in [0.25, 0.3) is 0 Å². The molecule has 0 saturated heterocycles. The highest BCUT2D eigenvalue weighted by Crippen LogP contribution is 2.40. The molecule has 19 heavy (non-hydrogen) atoms. The van der Waals surface area contributed by atoms with Crippen molar-refractivity contribution >= 4 is 12.4 Å². The lowest BCUT2D eigenvalue weighted by Crippen LogP contribution is -2.12. The van der Waals surface area contributed by atoms with Gasteiger partial charge in [0.25, 0.3) is 0 Å². The molecule has 1 fully saturated rings. The minimum Gasteiger partial charge on any atom is -0.457 e. The van der Waals surface area contributed by atoms with Crippen LogP contribution in [0.15, 0.2) is 54.6 Å². The molecule has 1 aliphatic carbocycles. The SMILES string of the molecule is Cl.N[C@@H](c1cccc(Oc2ccccc2)c1)C1CC1. The Morgan fingerprint density at radius 3 is 2.32 bits per heavy atom. The van der Waals surface area contributed by atoms with E-state index >= 15 is 0 Å². The topological polar surface area (TPSA) is 35.2 Å². The summed E-state index contributed by atoms with van der Waals surface area (Å²) < 4.78 is 5.81. The number of hydrogen-bond donors (Lipinski definition) is 1. The average Bonchev–Trinajstić information content (AvgIpc) is 3.24. The summed E-state index contributed by atoms with van der Waals surface area (Å²) in [5.74, 6) is 2.38. The lowest BCUT2D eigenvalue weighted by Gasteiger charge is -2.12. The van der Waals surface area contributed by atoms with E-state index in [1.54, 1.807) is 0 Å². The van der Waals surface area contributed by atoms with Crippen LogP contribution in [0.3, 0.4) is 0 Å². The first kappa shape index (κ1) is 13.9. The molecule has 0 aromatic heterocycles. The molecule has 2 nitrogen and oxygen atoms in total. The smallest absolute Gasteiger partial charge is 0.127 e. The van der Waals surface area contributed by atoms with Crippen LogP contribution in [-0.4, -0.2) is 0 Å². The Bertz CT molecular complexity index is 525. The lowest BCUT2D eigenvalue weighted by molar-refractivity contribution is 0.480. The molecule has 3 heteroatoms. The predicted octanol–water partition coefficient (Wildman–Crippen LogP) is 4.31. The number of para-hydroxylation sites is 1. The van der Waals surface area contributed by atoms with Gasteiger partial charge in [0.15, 0.2) is 0 Å². The monoisotopic (exact) mass is 275 g/mol. The van der Waals surface area contributed by atoms with Crippen molar-refractivity contribution in [3.05, 3.63) is 60.2 Å². The largest absolute Gasteiger partial charge is 0.457 e. The number of benzene rings is 2. The Morgan fingerprint density at radius 2 is 1.63 bits per heavy atom. The summed E-state index contributed by atoms with van der Waals surface area (Å²) in [6.07, 6.45) is 2.51. The zero-order valence-corrected chi connectivity index (χ0v) is 11.5. The maximum Gasteiger partial charge on any atom is 0.127 e. The van der Waals surface area contributed by atoms with Gasteiger partial charge in [-0.1, -0.05) is 30.3 Å². The van der Waals surface area contributed by atoms with E-state index < -0.39 is 0 Å². The van der Waals surface area contributed by atoms with Crippen molar-refractivity contribution in [1.82, 2.24) is 0 Å². The van der Waals surface area contributed by atoms with Crippen molar-refractivity contribution in [2.24, 2.45) is 11.7 Å². The molecule has 0 radical (unpaired) electrons. The molecule has 0 aliphatic heterocycles. The van der Waals surface area contributed by atoms with Gasteiger partial charge in [-0.3, -0.25) is 0 Å². The van der Waals surface area contributed by atoms with E-state index in [1.165, 1.54) is 18.4 Å². The molecule has 1 saturated carbocycles. The van der Waals surface area contributed by atoms with E-state index in [4.69, 9.17) is 10.5 Å². The van der Waals surface area contributed by atoms with E-state index in [9.17, 15) is 0 Å². The van der Waals surface area contributed by atoms with Gasteiger partial charge in [0, 0.05) is 6.04 Å². The fraction of sp³-hybridized carbons (Fsp3) is 0.250. The Kier molecular flexibility index (Phi) is 4.46. The van der Waals surface area contributed by atoms with E-state index in [2.05, 4.69) is 12.1 Å². The van der Waals surface area contributed by atoms with E-state index in [-0.39, 0.29) is 18.4 Å². The second-order valence-electron chi connectivity index (χ2n) is 4.85. The molecule has 0 spiro atoms. The molecule has 100 valence electrons. The number of halogens is 1. The molecular formula is C16H18ClNO. The van der Waals surface area contributed by atoms with Gasteiger partial charge in [0.2, 0.25) is 0 Å². The Morgan fingerprint density at radius 1 is 0.947 bits per heavy atom. The minimum atomic E-state index is 0. The third kappa shape index (κ3) is 3.49. The van der Waals surface area contributed by atoms with E-state index in [0.717, 1.165) is 11.5 Å². The van der Waals surface area contributed by atoms with Crippen LogP contribution in [0.1, 0.15) is 24.4 Å². The summed E-state index contributed by atoms with van der Waals surface area (Å²) in [6, 6.07) is 18.1. The summed E-state index contributed by atoms with van der Waals surface area (Å²) in [6.45, 7) is 0. The second kappa shape index (κ2) is 6.09. The van der Waals surface area contributed by atoms with Gasteiger partial charge in [0.05, 0.1) is 0 Å². The second-order valence-corrected chi connectivity index (χ2v) is 4.85. The fourth-order valence-corrected chi connectivity index (χ4v) is 2.14. The number of ether oxygens (including phenoxy) is 1. The van der Waals surface area contributed by atoms with Gasteiger partial charge < -0.3 is 10.5 Å². The Hall–Kier alpha value is -1.51. The molecule has 2 aromatic carbocycles. The van der Waals surface area contributed by atoms with Crippen LogP contribution in [0, 0.1) is 5.92 Å². The molecule has 1 atom stereocenters. The number of nitrogens with two attached hydrogens (primary N) is 1. The Labute approximate surface area is 120 Å². The third-order valence-corrected chi connectivity index (χ3v) is 3.35. The molecule has 0 amide bonds. The molecular weight excluding hydrogens is 258 g/mol. The zero-order valence-electron chi connectivity index (χ0n) is 10.7. The first-order chi connectivity index (χ1) is 8.83. The highest BCUT2D eigenvalue weighted by molar-refractivity contribution is 5.85.